The van der Waals surface area contributed by atoms with E-state index in [1.807, 2.05) is 9.80 Å². The number of piperidine rings is 1. The molecule has 0 spiro atoms. The summed E-state index contributed by atoms with van der Waals surface area (Å²) in [5.41, 5.74) is 2.35. The summed E-state index contributed by atoms with van der Waals surface area (Å²) in [6.45, 7) is 6.66. The number of hydrogen-bond acceptors (Lipinski definition) is 2. The number of halogens is 1. The van der Waals surface area contributed by atoms with Gasteiger partial charge in [-0.2, -0.15) is 0 Å². The molecule has 26 heavy (non-hydrogen) atoms. The Balaban J connectivity index is 1.56. The molecule has 1 saturated carbocycles. The third kappa shape index (κ3) is 3.30. The maximum Gasteiger partial charge on any atom is 0.231 e. The number of carbonyl (C=O) groups excluding carboxylic acids is 2. The molecule has 5 heteroatoms. The van der Waals surface area contributed by atoms with Crippen molar-refractivity contribution in [3.05, 3.63) is 28.2 Å². The minimum Gasteiger partial charge on any atom is -0.342 e. The minimum atomic E-state index is -0.0699. The first kappa shape index (κ1) is 18.0. The monoisotopic (exact) mass is 418 g/mol. The van der Waals surface area contributed by atoms with Gasteiger partial charge in [0, 0.05) is 35.7 Å². The van der Waals surface area contributed by atoms with Gasteiger partial charge in [-0.15, -0.1) is 0 Å². The fraction of sp³-hybridized carbons (Fsp3) is 0.619. The normalized spacial score (nSPS) is 25.0. The van der Waals surface area contributed by atoms with Gasteiger partial charge >= 0.3 is 0 Å². The molecule has 4 nitrogen and oxygen atoms in total. The average molecular weight is 419 g/mol. The smallest absolute Gasteiger partial charge is 0.231 e. The highest BCUT2D eigenvalue weighted by Crippen LogP contribution is 2.42. The topological polar surface area (TPSA) is 40.6 Å². The third-order valence-corrected chi connectivity index (χ3v) is 6.71. The molecule has 1 atom stereocenters. The highest BCUT2D eigenvalue weighted by molar-refractivity contribution is 9.10. The Morgan fingerprint density at radius 2 is 1.85 bits per heavy atom. The van der Waals surface area contributed by atoms with Gasteiger partial charge in [0.2, 0.25) is 11.8 Å². The number of likely N-dealkylation sites (tertiary alicyclic amines) is 1. The lowest BCUT2D eigenvalue weighted by Gasteiger charge is -2.42. The number of nitrogens with zero attached hydrogens (tertiary/aromatic N) is 2. The molecule has 0 radical (unpaired) electrons. The van der Waals surface area contributed by atoms with Crippen LogP contribution in [0.15, 0.2) is 22.7 Å². The van der Waals surface area contributed by atoms with Gasteiger partial charge < -0.3 is 9.80 Å². The third-order valence-electron chi connectivity index (χ3n) is 6.22. The zero-order valence-corrected chi connectivity index (χ0v) is 17.2. The predicted octanol–water partition coefficient (Wildman–Crippen LogP) is 4.11. The highest BCUT2D eigenvalue weighted by atomic mass is 79.9. The molecule has 0 unspecified atom stereocenters. The van der Waals surface area contributed by atoms with E-state index >= 15 is 0 Å². The summed E-state index contributed by atoms with van der Waals surface area (Å²) in [6.07, 6.45) is 4.83. The molecule has 140 valence electrons. The number of carbonyl (C=O) groups is 2. The molecule has 2 fully saturated rings. The summed E-state index contributed by atoms with van der Waals surface area (Å²) in [5, 5.41) is 0. The first-order valence-corrected chi connectivity index (χ1v) is 10.6. The van der Waals surface area contributed by atoms with Crippen molar-refractivity contribution < 1.29 is 9.59 Å². The van der Waals surface area contributed by atoms with Crippen molar-refractivity contribution >= 4 is 33.4 Å². The van der Waals surface area contributed by atoms with E-state index in [-0.39, 0.29) is 29.1 Å². The van der Waals surface area contributed by atoms with Gasteiger partial charge in [-0.1, -0.05) is 35.8 Å². The van der Waals surface area contributed by atoms with Crippen LogP contribution in [-0.4, -0.2) is 36.3 Å². The van der Waals surface area contributed by atoms with Crippen molar-refractivity contribution in [1.82, 2.24) is 4.90 Å². The first-order chi connectivity index (χ1) is 12.4. The Morgan fingerprint density at radius 3 is 2.58 bits per heavy atom. The summed E-state index contributed by atoms with van der Waals surface area (Å²) < 4.78 is 1.00. The molecule has 0 bridgehead atoms. The molecule has 1 aliphatic carbocycles. The van der Waals surface area contributed by atoms with Gasteiger partial charge in [0.25, 0.3) is 0 Å². The molecular weight excluding hydrogens is 392 g/mol. The quantitative estimate of drug-likeness (QED) is 0.724. The lowest BCUT2D eigenvalue weighted by molar-refractivity contribution is -0.136. The van der Waals surface area contributed by atoms with Crippen LogP contribution >= 0.6 is 15.9 Å². The van der Waals surface area contributed by atoms with Crippen LogP contribution in [0.4, 0.5) is 5.69 Å². The maximum absolute atomic E-state index is 13.4. The average Bonchev–Trinajstić information content (AvgIpc) is 3.45. The van der Waals surface area contributed by atoms with Crippen LogP contribution in [0.1, 0.15) is 51.5 Å². The van der Waals surface area contributed by atoms with E-state index in [2.05, 4.69) is 48.0 Å². The summed E-state index contributed by atoms with van der Waals surface area (Å²) in [4.78, 5) is 29.7. The molecule has 4 rings (SSSR count). The molecular formula is C21H27BrN2O2. The van der Waals surface area contributed by atoms with Gasteiger partial charge in [0.15, 0.2) is 0 Å². The van der Waals surface area contributed by atoms with Gasteiger partial charge in [-0.25, -0.2) is 0 Å². The van der Waals surface area contributed by atoms with Crippen LogP contribution in [0.2, 0.25) is 0 Å². The molecule has 2 heterocycles. The van der Waals surface area contributed by atoms with E-state index in [0.717, 1.165) is 55.4 Å². The second kappa shape index (κ2) is 6.66. The number of hydrogen-bond donors (Lipinski definition) is 0. The van der Waals surface area contributed by atoms with Crippen molar-refractivity contribution in [1.29, 1.82) is 0 Å². The molecule has 2 amide bonds. The molecule has 1 aromatic rings. The van der Waals surface area contributed by atoms with Crippen molar-refractivity contribution in [2.45, 2.75) is 51.4 Å². The summed E-state index contributed by atoms with van der Waals surface area (Å²) in [6, 6.07) is 6.28. The lowest BCUT2D eigenvalue weighted by Crippen LogP contribution is -2.49. The zero-order chi connectivity index (χ0) is 18.5. The van der Waals surface area contributed by atoms with Crippen LogP contribution in [0, 0.1) is 11.8 Å². The van der Waals surface area contributed by atoms with Gasteiger partial charge in [0.05, 0.1) is 5.92 Å². The van der Waals surface area contributed by atoms with E-state index in [1.165, 1.54) is 5.56 Å². The van der Waals surface area contributed by atoms with Gasteiger partial charge in [0.1, 0.15) is 0 Å². The Hall–Kier alpha value is -1.36. The maximum atomic E-state index is 13.4. The molecule has 3 aliphatic rings. The SMILES string of the molecule is CC1(C)CCN(C(=O)[C@@H]2CCCN(C(=O)C3CC3)C2)c2cc(Br)ccc21. The number of benzene rings is 1. The fourth-order valence-electron chi connectivity index (χ4n) is 4.36. The van der Waals surface area contributed by atoms with E-state index in [4.69, 9.17) is 0 Å². The van der Waals surface area contributed by atoms with Crippen LogP contribution in [0.3, 0.4) is 0 Å². The molecule has 0 aromatic heterocycles. The van der Waals surface area contributed by atoms with Crippen molar-refractivity contribution in [2.75, 3.05) is 24.5 Å². The van der Waals surface area contributed by atoms with Crippen molar-refractivity contribution in [3.8, 4) is 0 Å². The number of anilines is 1. The summed E-state index contributed by atoms with van der Waals surface area (Å²) in [7, 11) is 0. The summed E-state index contributed by atoms with van der Waals surface area (Å²) in [5.74, 6) is 0.620. The van der Waals surface area contributed by atoms with Gasteiger partial charge in [-0.3, -0.25) is 9.59 Å². The molecule has 1 saturated heterocycles. The van der Waals surface area contributed by atoms with E-state index < -0.39 is 0 Å². The number of amides is 2. The van der Waals surface area contributed by atoms with Gasteiger partial charge in [-0.05, 0) is 55.2 Å². The van der Waals surface area contributed by atoms with Crippen LogP contribution < -0.4 is 4.90 Å². The van der Waals surface area contributed by atoms with E-state index in [9.17, 15) is 9.59 Å². The fourth-order valence-corrected chi connectivity index (χ4v) is 4.71. The van der Waals surface area contributed by atoms with Crippen LogP contribution in [0.5, 0.6) is 0 Å². The van der Waals surface area contributed by atoms with Crippen LogP contribution in [0.25, 0.3) is 0 Å². The zero-order valence-electron chi connectivity index (χ0n) is 15.6. The van der Waals surface area contributed by atoms with E-state index in [0.29, 0.717) is 6.54 Å². The predicted molar refractivity (Wildman–Crippen MR) is 106 cm³/mol. The molecule has 1 aromatic carbocycles. The van der Waals surface area contributed by atoms with Crippen molar-refractivity contribution in [3.63, 3.8) is 0 Å². The molecule has 0 N–H and O–H groups in total. The standard InChI is InChI=1S/C21H27BrN2O2/c1-21(2)9-11-24(18-12-16(22)7-8-17(18)21)20(26)15-4-3-10-23(13-15)19(25)14-5-6-14/h7-8,12,14-15H,3-6,9-11,13H2,1-2H3/t15-/m1/s1. The highest BCUT2D eigenvalue weighted by Gasteiger charge is 2.40. The number of fused-ring (bicyclic) bond motifs is 1. The Kier molecular flexibility index (Phi) is 4.62. The lowest BCUT2D eigenvalue weighted by atomic mass is 9.77. The minimum absolute atomic E-state index is 0.0699. The first-order valence-electron chi connectivity index (χ1n) is 9.77. The van der Waals surface area contributed by atoms with Crippen molar-refractivity contribution in [2.24, 2.45) is 11.8 Å². The van der Waals surface area contributed by atoms with Crippen LogP contribution in [-0.2, 0) is 15.0 Å². The Labute approximate surface area is 164 Å². The second-order valence-corrected chi connectivity index (χ2v) is 9.60. The second-order valence-electron chi connectivity index (χ2n) is 8.68. The molecule has 2 aliphatic heterocycles. The number of rotatable bonds is 2. The Bertz CT molecular complexity index is 742. The van der Waals surface area contributed by atoms with E-state index in [1.54, 1.807) is 0 Å². The largest absolute Gasteiger partial charge is 0.342 e. The summed E-state index contributed by atoms with van der Waals surface area (Å²) >= 11 is 3.56. The Morgan fingerprint density at radius 1 is 1.08 bits per heavy atom.